The van der Waals surface area contributed by atoms with Gasteiger partial charge in [-0.05, 0) is 12.0 Å². The summed E-state index contributed by atoms with van der Waals surface area (Å²) in [5, 5.41) is 6.77. The number of aliphatic imine (C=N–C) groups is 1. The Kier molecular flexibility index (Phi) is 8.87. The Balaban J connectivity index is 2.24. The van der Waals surface area contributed by atoms with Gasteiger partial charge in [0, 0.05) is 60.0 Å². The number of nitrogens with zero attached hydrogens (tertiary/aromatic N) is 3. The molecule has 1 unspecified atom stereocenters. The lowest BCUT2D eigenvalue weighted by Crippen LogP contribution is -2.50. The van der Waals surface area contributed by atoms with E-state index in [1.807, 2.05) is 7.05 Å². The van der Waals surface area contributed by atoms with Crippen LogP contribution in [0.1, 0.15) is 27.7 Å². The highest BCUT2D eigenvalue weighted by Gasteiger charge is 2.24. The first kappa shape index (κ1) is 20.2. The van der Waals surface area contributed by atoms with E-state index in [2.05, 4.69) is 53.1 Å². The van der Waals surface area contributed by atoms with Gasteiger partial charge in [-0.1, -0.05) is 27.7 Å². The van der Waals surface area contributed by atoms with Gasteiger partial charge < -0.3 is 20.3 Å². The van der Waals surface area contributed by atoms with Crippen LogP contribution in [0.3, 0.4) is 0 Å². The zero-order chi connectivity index (χ0) is 17.3. The number of nitrogens with one attached hydrogen (secondary N) is 2. The molecule has 0 bridgehead atoms. The number of hydrogen-bond donors (Lipinski definition) is 2. The summed E-state index contributed by atoms with van der Waals surface area (Å²) >= 11 is 0. The first-order valence-corrected chi connectivity index (χ1v) is 8.82. The summed E-state index contributed by atoms with van der Waals surface area (Å²) in [6, 6.07) is 0. The Morgan fingerprint density at radius 2 is 1.74 bits per heavy atom. The number of guanidine groups is 1. The highest BCUT2D eigenvalue weighted by Crippen LogP contribution is 2.20. The van der Waals surface area contributed by atoms with Gasteiger partial charge in [0.05, 0.1) is 6.10 Å². The van der Waals surface area contributed by atoms with Crippen molar-refractivity contribution in [1.29, 1.82) is 0 Å². The fourth-order valence-electron chi connectivity index (χ4n) is 2.81. The van der Waals surface area contributed by atoms with Crippen LogP contribution in [-0.2, 0) is 4.74 Å². The van der Waals surface area contributed by atoms with E-state index in [1.165, 1.54) is 13.1 Å². The fourth-order valence-corrected chi connectivity index (χ4v) is 2.81. The minimum Gasteiger partial charge on any atom is -0.379 e. The van der Waals surface area contributed by atoms with Gasteiger partial charge in [-0.15, -0.1) is 0 Å². The highest BCUT2D eigenvalue weighted by molar-refractivity contribution is 5.79. The first-order chi connectivity index (χ1) is 10.9. The van der Waals surface area contributed by atoms with Crippen LogP contribution in [0.5, 0.6) is 0 Å². The van der Waals surface area contributed by atoms with Crippen LogP contribution in [0.15, 0.2) is 4.99 Å². The maximum absolute atomic E-state index is 5.57. The number of ether oxygens (including phenoxy) is 1. The second-order valence-electron chi connectivity index (χ2n) is 7.25. The van der Waals surface area contributed by atoms with Gasteiger partial charge in [-0.25, -0.2) is 0 Å². The third kappa shape index (κ3) is 7.50. The molecule has 1 rings (SSSR count). The zero-order valence-corrected chi connectivity index (χ0v) is 16.0. The molecule has 0 saturated carbocycles. The molecule has 1 fully saturated rings. The van der Waals surface area contributed by atoms with Crippen LogP contribution >= 0.6 is 0 Å². The van der Waals surface area contributed by atoms with E-state index in [0.717, 1.165) is 45.2 Å². The summed E-state index contributed by atoms with van der Waals surface area (Å²) in [5.41, 5.74) is 0.111. The van der Waals surface area contributed by atoms with E-state index < -0.39 is 0 Å². The van der Waals surface area contributed by atoms with E-state index in [-0.39, 0.29) is 11.5 Å². The van der Waals surface area contributed by atoms with Crippen molar-refractivity contribution in [3.8, 4) is 0 Å². The molecule has 136 valence electrons. The SMILES string of the molecule is CCN1CCN(CCNC(=NC)NCC(OC)C(C)(C)C)CC1. The van der Waals surface area contributed by atoms with Gasteiger partial charge in [0.25, 0.3) is 0 Å². The monoisotopic (exact) mass is 327 g/mol. The van der Waals surface area contributed by atoms with Gasteiger partial charge in [-0.2, -0.15) is 0 Å². The van der Waals surface area contributed by atoms with E-state index in [0.29, 0.717) is 0 Å². The molecule has 0 amide bonds. The largest absolute Gasteiger partial charge is 0.379 e. The second-order valence-corrected chi connectivity index (χ2v) is 7.25. The van der Waals surface area contributed by atoms with E-state index in [4.69, 9.17) is 4.74 Å². The Bertz CT molecular complexity index is 345. The summed E-state index contributed by atoms with van der Waals surface area (Å²) in [6.07, 6.45) is 0.156. The average molecular weight is 328 g/mol. The summed E-state index contributed by atoms with van der Waals surface area (Å²) in [4.78, 5) is 9.31. The van der Waals surface area contributed by atoms with E-state index >= 15 is 0 Å². The van der Waals surface area contributed by atoms with Crippen molar-refractivity contribution in [2.24, 2.45) is 10.4 Å². The van der Waals surface area contributed by atoms with E-state index in [9.17, 15) is 0 Å². The molecule has 23 heavy (non-hydrogen) atoms. The second kappa shape index (κ2) is 10.1. The molecule has 2 N–H and O–H groups in total. The van der Waals surface area contributed by atoms with Crippen molar-refractivity contribution in [3.05, 3.63) is 0 Å². The molecule has 0 spiro atoms. The Morgan fingerprint density at radius 1 is 1.13 bits per heavy atom. The number of rotatable bonds is 7. The van der Waals surface area contributed by atoms with Crippen molar-refractivity contribution >= 4 is 5.96 Å². The molecule has 0 aliphatic carbocycles. The molecule has 1 saturated heterocycles. The topological polar surface area (TPSA) is 52.1 Å². The van der Waals surface area contributed by atoms with Crippen LogP contribution in [0.2, 0.25) is 0 Å². The van der Waals surface area contributed by atoms with Crippen molar-refractivity contribution in [1.82, 2.24) is 20.4 Å². The minimum atomic E-state index is 0.111. The summed E-state index contributed by atoms with van der Waals surface area (Å²) in [7, 11) is 3.58. The molecule has 0 aromatic carbocycles. The summed E-state index contributed by atoms with van der Waals surface area (Å²) in [5.74, 6) is 0.850. The van der Waals surface area contributed by atoms with Crippen LogP contribution in [-0.4, -0.2) is 88.4 Å². The standard InChI is InChI=1S/C17H37N5O/c1-7-21-10-12-22(13-11-21)9-8-19-16(18-5)20-14-15(23-6)17(2,3)4/h15H,7-14H2,1-6H3,(H2,18,19,20). The van der Waals surface area contributed by atoms with Crippen LogP contribution in [0.25, 0.3) is 0 Å². The fraction of sp³-hybridized carbons (Fsp3) is 0.941. The Morgan fingerprint density at radius 3 is 2.22 bits per heavy atom. The van der Waals surface area contributed by atoms with Crippen LogP contribution < -0.4 is 10.6 Å². The quantitative estimate of drug-likeness (QED) is 0.536. The number of piperazine rings is 1. The summed E-state index contributed by atoms with van der Waals surface area (Å²) in [6.45, 7) is 17.4. The molecule has 0 radical (unpaired) electrons. The van der Waals surface area contributed by atoms with Gasteiger partial charge in [0.15, 0.2) is 5.96 Å². The van der Waals surface area contributed by atoms with Gasteiger partial charge in [-0.3, -0.25) is 9.89 Å². The lowest BCUT2D eigenvalue weighted by molar-refractivity contribution is 0.0205. The maximum Gasteiger partial charge on any atom is 0.191 e. The van der Waals surface area contributed by atoms with Crippen molar-refractivity contribution < 1.29 is 4.74 Å². The molecule has 1 atom stereocenters. The van der Waals surface area contributed by atoms with Gasteiger partial charge >= 0.3 is 0 Å². The molecular weight excluding hydrogens is 290 g/mol. The summed E-state index contributed by atoms with van der Waals surface area (Å²) < 4.78 is 5.57. The molecule has 1 aliphatic heterocycles. The minimum absolute atomic E-state index is 0.111. The first-order valence-electron chi connectivity index (χ1n) is 8.82. The van der Waals surface area contributed by atoms with Crippen molar-refractivity contribution in [3.63, 3.8) is 0 Å². The number of hydrogen-bond acceptors (Lipinski definition) is 4. The van der Waals surface area contributed by atoms with Gasteiger partial charge in [0.2, 0.25) is 0 Å². The predicted octanol–water partition coefficient (Wildman–Crippen LogP) is 0.850. The normalized spacial score (nSPS) is 19.7. The highest BCUT2D eigenvalue weighted by atomic mass is 16.5. The molecule has 6 nitrogen and oxygen atoms in total. The molecule has 6 heteroatoms. The lowest BCUT2D eigenvalue weighted by atomic mass is 9.89. The lowest BCUT2D eigenvalue weighted by Gasteiger charge is -2.34. The molecule has 0 aromatic rings. The molecular formula is C17H37N5O. The van der Waals surface area contributed by atoms with Crippen molar-refractivity contribution in [2.45, 2.75) is 33.8 Å². The Hall–Kier alpha value is -0.850. The van der Waals surface area contributed by atoms with E-state index in [1.54, 1.807) is 7.11 Å². The predicted molar refractivity (Wildman–Crippen MR) is 98.2 cm³/mol. The zero-order valence-electron chi connectivity index (χ0n) is 16.0. The van der Waals surface area contributed by atoms with Crippen LogP contribution in [0.4, 0.5) is 0 Å². The Labute approximate surface area is 142 Å². The van der Waals surface area contributed by atoms with Crippen LogP contribution in [0, 0.1) is 5.41 Å². The molecule has 1 heterocycles. The average Bonchev–Trinajstić information content (AvgIpc) is 2.53. The number of methoxy groups -OCH3 is 1. The van der Waals surface area contributed by atoms with Gasteiger partial charge in [0.1, 0.15) is 0 Å². The van der Waals surface area contributed by atoms with Crippen molar-refractivity contribution in [2.75, 3.05) is 66.5 Å². The smallest absolute Gasteiger partial charge is 0.191 e. The molecule has 1 aliphatic rings. The number of likely N-dealkylation sites (N-methyl/N-ethyl adjacent to an activating group) is 1. The maximum atomic E-state index is 5.57. The third-order valence-corrected chi connectivity index (χ3v) is 4.56. The third-order valence-electron chi connectivity index (χ3n) is 4.56. The molecule has 0 aromatic heterocycles.